The molecule has 0 spiro atoms. The van der Waals surface area contributed by atoms with E-state index in [1.165, 1.54) is 22.3 Å². The van der Waals surface area contributed by atoms with Gasteiger partial charge in [0.15, 0.2) is 0 Å². The lowest BCUT2D eigenvalue weighted by molar-refractivity contribution is -0.154. The lowest BCUT2D eigenvalue weighted by Gasteiger charge is -2.39. The van der Waals surface area contributed by atoms with Crippen molar-refractivity contribution in [3.63, 3.8) is 0 Å². The Morgan fingerprint density at radius 3 is 2.29 bits per heavy atom. The zero-order valence-electron chi connectivity index (χ0n) is 19.5. The van der Waals surface area contributed by atoms with Crippen LogP contribution in [-0.2, 0) is 19.1 Å². The number of alkyl carbamates (subject to hydrolysis) is 1. The highest BCUT2D eigenvalue weighted by Crippen LogP contribution is 2.44. The highest BCUT2D eigenvalue weighted by atomic mass is 16.5. The summed E-state index contributed by atoms with van der Waals surface area (Å²) in [6.45, 7) is 0.841. The third-order valence-electron chi connectivity index (χ3n) is 7.31. The number of rotatable bonds is 8. The largest absolute Gasteiger partial charge is 0.480 e. The first-order valence-electron chi connectivity index (χ1n) is 12.2. The van der Waals surface area contributed by atoms with Gasteiger partial charge in [0.25, 0.3) is 0 Å². The zero-order valence-corrected chi connectivity index (χ0v) is 19.5. The average Bonchev–Trinajstić information content (AvgIpc) is 3.38. The van der Waals surface area contributed by atoms with Gasteiger partial charge in [0.05, 0.1) is 6.10 Å². The van der Waals surface area contributed by atoms with E-state index in [4.69, 9.17) is 14.6 Å². The Kier molecular flexibility index (Phi) is 6.72. The summed E-state index contributed by atoms with van der Waals surface area (Å²) in [7, 11) is 0. The number of carbonyl (C=O) groups is 3. The van der Waals surface area contributed by atoms with Crippen molar-refractivity contribution >= 4 is 18.0 Å². The number of carboxylic acid groups (broad SMARTS) is 1. The molecule has 0 bridgehead atoms. The van der Waals surface area contributed by atoms with Gasteiger partial charge < -0.3 is 24.8 Å². The Balaban J connectivity index is 1.05. The number of aliphatic carboxylic acids is 1. The molecule has 3 aliphatic rings. The van der Waals surface area contributed by atoms with Crippen molar-refractivity contribution in [1.29, 1.82) is 0 Å². The van der Waals surface area contributed by atoms with Gasteiger partial charge in [0, 0.05) is 31.5 Å². The molecule has 2 aromatic carbocycles. The van der Waals surface area contributed by atoms with Crippen molar-refractivity contribution in [3.8, 4) is 11.1 Å². The first-order chi connectivity index (χ1) is 17.0. The van der Waals surface area contributed by atoms with Crippen LogP contribution in [0.25, 0.3) is 11.1 Å². The summed E-state index contributed by atoms with van der Waals surface area (Å²) in [6.07, 6.45) is 2.29. The molecular formula is C27H30N2O6. The normalized spacial score (nSPS) is 21.2. The van der Waals surface area contributed by atoms with Gasteiger partial charge in [-0.25, -0.2) is 9.59 Å². The van der Waals surface area contributed by atoms with Crippen molar-refractivity contribution < 1.29 is 29.0 Å². The van der Waals surface area contributed by atoms with E-state index in [0.717, 1.165) is 19.3 Å². The van der Waals surface area contributed by atoms with E-state index in [1.54, 1.807) is 4.90 Å². The Bertz CT molecular complexity index is 1070. The molecule has 2 aromatic rings. The summed E-state index contributed by atoms with van der Waals surface area (Å²) in [4.78, 5) is 37.3. The van der Waals surface area contributed by atoms with Crippen LogP contribution in [0.2, 0.25) is 0 Å². The van der Waals surface area contributed by atoms with Crippen LogP contribution < -0.4 is 5.32 Å². The lowest BCUT2D eigenvalue weighted by Crippen LogP contribution is -2.55. The van der Waals surface area contributed by atoms with Crippen molar-refractivity contribution in [3.05, 3.63) is 59.7 Å². The number of hydrogen-bond acceptors (Lipinski definition) is 5. The second-order valence-corrected chi connectivity index (χ2v) is 9.68. The van der Waals surface area contributed by atoms with E-state index < -0.39 is 12.1 Å². The maximum atomic E-state index is 12.6. The van der Waals surface area contributed by atoms with Crippen LogP contribution in [0.1, 0.15) is 42.7 Å². The maximum Gasteiger partial charge on any atom is 0.407 e. The van der Waals surface area contributed by atoms with Crippen LogP contribution in [0.5, 0.6) is 0 Å². The van der Waals surface area contributed by atoms with Crippen LogP contribution >= 0.6 is 0 Å². The first-order valence-corrected chi connectivity index (χ1v) is 12.2. The summed E-state index contributed by atoms with van der Waals surface area (Å²) >= 11 is 0. The van der Waals surface area contributed by atoms with Crippen LogP contribution in [0, 0.1) is 5.92 Å². The lowest BCUT2D eigenvalue weighted by atomic mass is 9.98. The topological polar surface area (TPSA) is 105 Å². The fraction of sp³-hybridized carbons (Fsp3) is 0.444. The predicted octanol–water partition coefficient (Wildman–Crippen LogP) is 3.40. The van der Waals surface area contributed by atoms with E-state index in [1.807, 2.05) is 24.3 Å². The van der Waals surface area contributed by atoms with Gasteiger partial charge in [-0.15, -0.1) is 0 Å². The van der Waals surface area contributed by atoms with E-state index in [2.05, 4.69) is 29.6 Å². The van der Waals surface area contributed by atoms with Gasteiger partial charge in [-0.3, -0.25) is 4.79 Å². The van der Waals surface area contributed by atoms with Crippen molar-refractivity contribution in [2.45, 2.75) is 43.7 Å². The second kappa shape index (κ2) is 10.1. The molecule has 0 radical (unpaired) electrons. The number of carboxylic acids is 1. The molecule has 2 N–H and O–H groups in total. The molecule has 1 aliphatic heterocycles. The van der Waals surface area contributed by atoms with E-state index >= 15 is 0 Å². The minimum Gasteiger partial charge on any atom is -0.480 e. The molecule has 1 saturated heterocycles. The fourth-order valence-corrected chi connectivity index (χ4v) is 5.51. The van der Waals surface area contributed by atoms with Gasteiger partial charge in [0.2, 0.25) is 5.91 Å². The third-order valence-corrected chi connectivity index (χ3v) is 7.31. The summed E-state index contributed by atoms with van der Waals surface area (Å²) in [5, 5.41) is 11.6. The summed E-state index contributed by atoms with van der Waals surface area (Å²) < 4.78 is 10.8. The van der Waals surface area contributed by atoms with E-state index in [9.17, 15) is 14.4 Å². The van der Waals surface area contributed by atoms with Crippen molar-refractivity contribution in [2.24, 2.45) is 5.92 Å². The first kappa shape index (κ1) is 23.4. The quantitative estimate of drug-likeness (QED) is 0.603. The average molecular weight is 479 g/mol. The van der Waals surface area contributed by atoms with Crippen LogP contribution in [0.3, 0.4) is 0 Å². The molecule has 2 aliphatic carbocycles. The summed E-state index contributed by atoms with van der Waals surface area (Å²) in [6, 6.07) is 16.5. The molecule has 5 rings (SSSR count). The number of ether oxygens (including phenoxy) is 2. The molecule has 184 valence electrons. The Hall–Kier alpha value is -3.39. The standard InChI is InChI=1S/C27H30N2O6/c30-25(29-13-19(14-29)34-16-26(31)32)12-17-9-10-18(11-17)28-27(33)35-15-24-22-7-3-1-5-20(22)21-6-2-4-8-23(21)24/h1-8,17-19,24H,9-16H2,(H,28,33)(H,31,32)/t17-,18+/m1/s1. The SMILES string of the molecule is O=C(O)COC1CN(C(=O)C[C@@H]2CC[C@H](NC(=O)OCC3c4ccccc4-c4ccccc43)C2)C1. The number of fused-ring (bicyclic) bond motifs is 3. The van der Waals surface area contributed by atoms with Crippen LogP contribution in [0.4, 0.5) is 4.79 Å². The van der Waals surface area contributed by atoms with E-state index in [0.29, 0.717) is 19.5 Å². The number of likely N-dealkylation sites (tertiary alicyclic amines) is 1. The third kappa shape index (κ3) is 5.17. The molecule has 1 saturated carbocycles. The highest BCUT2D eigenvalue weighted by molar-refractivity contribution is 5.79. The van der Waals surface area contributed by atoms with Gasteiger partial charge in [-0.1, -0.05) is 48.5 Å². The number of carbonyl (C=O) groups excluding carboxylic acids is 2. The molecule has 2 amide bonds. The number of hydrogen-bond donors (Lipinski definition) is 2. The van der Waals surface area contributed by atoms with Crippen LogP contribution in [-0.4, -0.2) is 66.4 Å². The molecule has 8 nitrogen and oxygen atoms in total. The molecule has 0 unspecified atom stereocenters. The maximum absolute atomic E-state index is 12.6. The predicted molar refractivity (Wildman–Crippen MR) is 128 cm³/mol. The second-order valence-electron chi connectivity index (χ2n) is 9.68. The monoisotopic (exact) mass is 478 g/mol. The molecule has 2 atom stereocenters. The Morgan fingerprint density at radius 2 is 1.63 bits per heavy atom. The summed E-state index contributed by atoms with van der Waals surface area (Å²) in [5.41, 5.74) is 4.76. The zero-order chi connectivity index (χ0) is 24.4. The smallest absolute Gasteiger partial charge is 0.407 e. The Morgan fingerprint density at radius 1 is 0.971 bits per heavy atom. The number of amides is 2. The van der Waals surface area contributed by atoms with Gasteiger partial charge >= 0.3 is 12.1 Å². The van der Waals surface area contributed by atoms with Gasteiger partial charge in [-0.05, 0) is 47.4 Å². The highest BCUT2D eigenvalue weighted by Gasteiger charge is 2.35. The summed E-state index contributed by atoms with van der Waals surface area (Å²) in [5.74, 6) is -0.690. The Labute approximate surface area is 204 Å². The molecule has 0 aromatic heterocycles. The van der Waals surface area contributed by atoms with Crippen molar-refractivity contribution in [1.82, 2.24) is 10.2 Å². The van der Waals surface area contributed by atoms with Crippen LogP contribution in [0.15, 0.2) is 48.5 Å². The molecule has 35 heavy (non-hydrogen) atoms. The van der Waals surface area contributed by atoms with Gasteiger partial charge in [-0.2, -0.15) is 0 Å². The van der Waals surface area contributed by atoms with E-state index in [-0.39, 0.29) is 43.1 Å². The van der Waals surface area contributed by atoms with Crippen molar-refractivity contribution in [2.75, 3.05) is 26.3 Å². The molecule has 8 heteroatoms. The molecule has 1 heterocycles. The fourth-order valence-electron chi connectivity index (χ4n) is 5.51. The molecular weight excluding hydrogens is 448 g/mol. The van der Waals surface area contributed by atoms with Gasteiger partial charge in [0.1, 0.15) is 13.2 Å². The number of benzene rings is 2. The number of nitrogens with zero attached hydrogens (tertiary/aromatic N) is 1. The minimum absolute atomic E-state index is 0.00601. The molecule has 2 fully saturated rings. The number of nitrogens with one attached hydrogen (secondary N) is 1. The minimum atomic E-state index is -1.00.